The number of esters is 1. The van der Waals surface area contributed by atoms with E-state index >= 15 is 0 Å². The summed E-state index contributed by atoms with van der Waals surface area (Å²) in [5.74, 6) is 0.368. The highest BCUT2D eigenvalue weighted by Crippen LogP contribution is 2.45. The van der Waals surface area contributed by atoms with Gasteiger partial charge in [0.25, 0.3) is 0 Å². The molecular weight excluding hydrogens is 258 g/mol. The van der Waals surface area contributed by atoms with Gasteiger partial charge in [-0.25, -0.2) is 9.78 Å². The third-order valence-electron chi connectivity index (χ3n) is 3.38. The van der Waals surface area contributed by atoms with Crippen molar-refractivity contribution in [1.29, 1.82) is 0 Å². The summed E-state index contributed by atoms with van der Waals surface area (Å²) in [6, 6.07) is 8.35. The van der Waals surface area contributed by atoms with Gasteiger partial charge in [0.2, 0.25) is 0 Å². The molecular formula is C15H15NO2S. The van der Waals surface area contributed by atoms with E-state index in [-0.39, 0.29) is 5.97 Å². The van der Waals surface area contributed by atoms with E-state index in [9.17, 15) is 4.79 Å². The summed E-state index contributed by atoms with van der Waals surface area (Å²) in [7, 11) is 1.40. The van der Waals surface area contributed by atoms with Crippen LogP contribution < -0.4 is 0 Å². The van der Waals surface area contributed by atoms with Gasteiger partial charge in [-0.05, 0) is 31.2 Å². The number of aromatic nitrogens is 1. The van der Waals surface area contributed by atoms with Crippen LogP contribution in [0.2, 0.25) is 0 Å². The van der Waals surface area contributed by atoms with Gasteiger partial charge in [-0.2, -0.15) is 0 Å². The molecule has 1 heterocycles. The maximum atomic E-state index is 11.7. The molecule has 0 saturated heterocycles. The van der Waals surface area contributed by atoms with Gasteiger partial charge in [-0.15, -0.1) is 11.3 Å². The fraction of sp³-hybridized carbons (Fsp3) is 0.333. The average molecular weight is 273 g/mol. The first-order valence-electron chi connectivity index (χ1n) is 6.35. The normalized spacial score (nSPS) is 14.4. The van der Waals surface area contributed by atoms with Crippen molar-refractivity contribution in [2.75, 3.05) is 7.11 Å². The van der Waals surface area contributed by atoms with Crippen LogP contribution in [0.4, 0.5) is 0 Å². The van der Waals surface area contributed by atoms with Crippen LogP contribution in [0, 0.1) is 6.92 Å². The first-order chi connectivity index (χ1) is 9.20. The second-order valence-electron chi connectivity index (χ2n) is 4.79. The van der Waals surface area contributed by atoms with Crippen LogP contribution in [0.5, 0.6) is 0 Å². The molecule has 0 spiro atoms. The Morgan fingerprint density at radius 1 is 1.37 bits per heavy atom. The van der Waals surface area contributed by atoms with Gasteiger partial charge in [-0.1, -0.05) is 24.3 Å². The number of benzene rings is 1. The number of rotatable bonds is 3. The van der Waals surface area contributed by atoms with Crippen molar-refractivity contribution in [2.45, 2.75) is 25.7 Å². The quantitative estimate of drug-likeness (QED) is 0.799. The SMILES string of the molecule is COC(=O)c1sc(-c2ccccc2C2CC2)nc1C. The Morgan fingerprint density at radius 3 is 2.79 bits per heavy atom. The van der Waals surface area contributed by atoms with E-state index in [4.69, 9.17) is 4.74 Å². The molecule has 4 heteroatoms. The van der Waals surface area contributed by atoms with Crippen LogP contribution in [0.3, 0.4) is 0 Å². The number of hydrogen-bond donors (Lipinski definition) is 0. The number of aryl methyl sites for hydroxylation is 1. The summed E-state index contributed by atoms with van der Waals surface area (Å²) in [6.07, 6.45) is 2.51. The Balaban J connectivity index is 2.05. The maximum Gasteiger partial charge on any atom is 0.349 e. The molecule has 19 heavy (non-hydrogen) atoms. The van der Waals surface area contributed by atoms with Gasteiger partial charge in [0.15, 0.2) is 0 Å². The van der Waals surface area contributed by atoms with Crippen LogP contribution in [0.25, 0.3) is 10.6 Å². The molecule has 3 nitrogen and oxygen atoms in total. The molecule has 1 aromatic carbocycles. The highest BCUT2D eigenvalue weighted by molar-refractivity contribution is 7.17. The largest absolute Gasteiger partial charge is 0.465 e. The molecule has 1 aliphatic carbocycles. The van der Waals surface area contributed by atoms with Crippen LogP contribution in [0.1, 0.15) is 39.7 Å². The first-order valence-corrected chi connectivity index (χ1v) is 7.17. The van der Waals surface area contributed by atoms with Gasteiger partial charge in [0.1, 0.15) is 9.88 Å². The number of methoxy groups -OCH3 is 1. The van der Waals surface area contributed by atoms with Crippen molar-refractivity contribution in [3.8, 4) is 10.6 Å². The summed E-state index contributed by atoms with van der Waals surface area (Å²) in [4.78, 5) is 16.8. The monoisotopic (exact) mass is 273 g/mol. The van der Waals surface area contributed by atoms with Crippen LogP contribution >= 0.6 is 11.3 Å². The molecule has 1 saturated carbocycles. The maximum absolute atomic E-state index is 11.7. The molecule has 0 amide bonds. The molecule has 0 atom stereocenters. The fourth-order valence-corrected chi connectivity index (χ4v) is 3.27. The summed E-state index contributed by atoms with van der Waals surface area (Å²) in [5.41, 5.74) is 3.26. The van der Waals surface area contributed by atoms with Crippen molar-refractivity contribution in [3.05, 3.63) is 40.4 Å². The fourth-order valence-electron chi connectivity index (χ4n) is 2.24. The molecule has 0 N–H and O–H groups in total. The predicted molar refractivity (Wildman–Crippen MR) is 75.6 cm³/mol. The van der Waals surface area contributed by atoms with E-state index in [1.54, 1.807) is 0 Å². The van der Waals surface area contributed by atoms with E-state index in [0.29, 0.717) is 10.8 Å². The molecule has 98 valence electrons. The smallest absolute Gasteiger partial charge is 0.349 e. The Hall–Kier alpha value is -1.68. The van der Waals surface area contributed by atoms with Crippen molar-refractivity contribution < 1.29 is 9.53 Å². The molecule has 0 unspecified atom stereocenters. The molecule has 3 rings (SSSR count). The summed E-state index contributed by atoms with van der Waals surface area (Å²) in [6.45, 7) is 1.85. The zero-order valence-corrected chi connectivity index (χ0v) is 11.8. The number of carbonyl (C=O) groups excluding carboxylic acids is 1. The Bertz CT molecular complexity index is 629. The van der Waals surface area contributed by atoms with E-state index in [0.717, 1.165) is 16.3 Å². The van der Waals surface area contributed by atoms with Crippen molar-refractivity contribution in [1.82, 2.24) is 4.98 Å². The average Bonchev–Trinajstić information content (AvgIpc) is 3.21. The van der Waals surface area contributed by atoms with Gasteiger partial charge in [-0.3, -0.25) is 0 Å². The Kier molecular flexibility index (Phi) is 3.11. The van der Waals surface area contributed by atoms with E-state index in [1.807, 2.05) is 13.0 Å². The van der Waals surface area contributed by atoms with Crippen LogP contribution in [-0.2, 0) is 4.74 Å². The lowest BCUT2D eigenvalue weighted by Gasteiger charge is -2.04. The molecule has 1 fully saturated rings. The molecule has 2 aromatic rings. The second-order valence-corrected chi connectivity index (χ2v) is 5.79. The third kappa shape index (κ3) is 2.28. The zero-order chi connectivity index (χ0) is 13.4. The predicted octanol–water partition coefficient (Wildman–Crippen LogP) is 3.78. The summed E-state index contributed by atoms with van der Waals surface area (Å²) >= 11 is 1.42. The van der Waals surface area contributed by atoms with Gasteiger partial charge in [0, 0.05) is 5.56 Å². The summed E-state index contributed by atoms with van der Waals surface area (Å²) in [5, 5.41) is 0.917. The number of hydrogen-bond acceptors (Lipinski definition) is 4. The number of thiazole rings is 1. The molecule has 0 aliphatic heterocycles. The van der Waals surface area contributed by atoms with E-state index in [1.165, 1.54) is 36.9 Å². The minimum Gasteiger partial charge on any atom is -0.465 e. The lowest BCUT2D eigenvalue weighted by molar-refractivity contribution is 0.0605. The molecule has 0 bridgehead atoms. The minimum absolute atomic E-state index is 0.301. The van der Waals surface area contributed by atoms with E-state index in [2.05, 4.69) is 23.2 Å². The van der Waals surface area contributed by atoms with Gasteiger partial charge >= 0.3 is 5.97 Å². The van der Waals surface area contributed by atoms with E-state index < -0.39 is 0 Å². The lowest BCUT2D eigenvalue weighted by Crippen LogP contribution is -1.99. The molecule has 0 radical (unpaired) electrons. The zero-order valence-electron chi connectivity index (χ0n) is 11.0. The summed E-state index contributed by atoms with van der Waals surface area (Å²) < 4.78 is 4.79. The van der Waals surface area contributed by atoms with Gasteiger partial charge in [0.05, 0.1) is 12.8 Å². The second kappa shape index (κ2) is 4.78. The van der Waals surface area contributed by atoms with Crippen molar-refractivity contribution in [2.24, 2.45) is 0 Å². The van der Waals surface area contributed by atoms with Crippen LogP contribution in [0.15, 0.2) is 24.3 Å². The number of nitrogens with zero attached hydrogens (tertiary/aromatic N) is 1. The number of ether oxygens (including phenoxy) is 1. The van der Waals surface area contributed by atoms with Gasteiger partial charge < -0.3 is 4.74 Å². The Morgan fingerprint density at radius 2 is 2.11 bits per heavy atom. The highest BCUT2D eigenvalue weighted by Gasteiger charge is 2.27. The minimum atomic E-state index is -0.301. The first kappa shape index (κ1) is 12.4. The van der Waals surface area contributed by atoms with Crippen molar-refractivity contribution >= 4 is 17.3 Å². The topological polar surface area (TPSA) is 39.2 Å². The molecule has 1 aliphatic rings. The van der Waals surface area contributed by atoms with Crippen molar-refractivity contribution in [3.63, 3.8) is 0 Å². The number of carbonyl (C=O) groups is 1. The highest BCUT2D eigenvalue weighted by atomic mass is 32.1. The Labute approximate surface area is 116 Å². The van der Waals surface area contributed by atoms with Crippen LogP contribution in [-0.4, -0.2) is 18.1 Å². The standard InChI is InChI=1S/C15H15NO2S/c1-9-13(15(17)18-2)19-14(16-9)12-6-4-3-5-11(12)10-7-8-10/h3-6,10H,7-8H2,1-2H3. The lowest BCUT2D eigenvalue weighted by atomic mass is 10.0. The third-order valence-corrected chi connectivity index (χ3v) is 4.55. The molecule has 1 aromatic heterocycles.